The van der Waals surface area contributed by atoms with Crippen LogP contribution < -0.4 is 10.1 Å². The summed E-state index contributed by atoms with van der Waals surface area (Å²) in [6.07, 6.45) is 4.97. The smallest absolute Gasteiger partial charge is 0.232 e. The number of carbonyl (C=O) groups excluding carboxylic acids is 2. The maximum Gasteiger partial charge on any atom is 0.232 e. The Kier molecular flexibility index (Phi) is 7.38. The molecule has 5 rings (SSSR count). The number of rotatable bonds is 8. The molecule has 3 heterocycles. The highest BCUT2D eigenvalue weighted by molar-refractivity contribution is 14.1. The number of alkyl halides is 1. The number of fused-ring (bicyclic) bond motifs is 1. The minimum atomic E-state index is -0.252. The number of carbonyl (C=O) groups is 2. The van der Waals surface area contributed by atoms with Gasteiger partial charge >= 0.3 is 0 Å². The first-order chi connectivity index (χ1) is 17.5. The Bertz CT molecular complexity index is 1410. The van der Waals surface area contributed by atoms with Crippen molar-refractivity contribution in [3.63, 3.8) is 0 Å². The molecule has 0 saturated carbocycles. The maximum absolute atomic E-state index is 13.5. The number of para-hydroxylation sites is 1. The predicted molar refractivity (Wildman–Crippen MR) is 147 cm³/mol. The molecule has 0 radical (unpaired) electrons. The third-order valence-corrected chi connectivity index (χ3v) is 7.16. The quantitative estimate of drug-likeness (QED) is 0.155. The van der Waals surface area contributed by atoms with Crippen LogP contribution in [0.3, 0.4) is 0 Å². The van der Waals surface area contributed by atoms with Crippen molar-refractivity contribution >= 4 is 62.7 Å². The summed E-state index contributed by atoms with van der Waals surface area (Å²) in [5.41, 5.74) is 1.31. The normalized spacial score (nSPS) is 15.3. The van der Waals surface area contributed by atoms with E-state index in [0.717, 1.165) is 19.4 Å². The standard InChI is InChI=1S/C26H23ClIN5O3/c27-21-11-18(36-17-6-2-1-3-7-17)8-9-19(21)24(35)20-14-30-26-23(20)25(31-15-32-26)29-13-16-5-4-10-33(16)22(34)12-28/h1-3,6-9,11,14-16H,4-5,10,12-13H2,(H2,29,30,31,32). The van der Waals surface area contributed by atoms with Gasteiger partial charge in [-0.15, -0.1) is 0 Å². The minimum absolute atomic E-state index is 0.0852. The van der Waals surface area contributed by atoms with E-state index in [9.17, 15) is 9.59 Å². The van der Waals surface area contributed by atoms with Gasteiger partial charge in [-0.25, -0.2) is 9.97 Å². The lowest BCUT2D eigenvalue weighted by molar-refractivity contribution is -0.128. The van der Waals surface area contributed by atoms with Crippen molar-refractivity contribution in [3.8, 4) is 11.5 Å². The molecule has 2 aromatic carbocycles. The number of anilines is 1. The van der Waals surface area contributed by atoms with E-state index >= 15 is 0 Å². The number of hydrogen-bond donors (Lipinski definition) is 2. The maximum atomic E-state index is 13.5. The van der Waals surface area contributed by atoms with Crippen molar-refractivity contribution in [2.75, 3.05) is 22.8 Å². The summed E-state index contributed by atoms with van der Waals surface area (Å²) in [7, 11) is 0. The van der Waals surface area contributed by atoms with Crippen molar-refractivity contribution in [1.82, 2.24) is 19.9 Å². The SMILES string of the molecule is O=C(c1ccc(Oc2ccccc2)cc1Cl)c1c[nH]c2ncnc(NCC3CCCN3C(=O)CI)c12. The van der Waals surface area contributed by atoms with Gasteiger partial charge in [0.15, 0.2) is 5.78 Å². The zero-order valence-electron chi connectivity index (χ0n) is 19.2. The van der Waals surface area contributed by atoms with Crippen LogP contribution in [0.2, 0.25) is 5.02 Å². The fraction of sp³-hybridized carbons (Fsp3) is 0.231. The van der Waals surface area contributed by atoms with Gasteiger partial charge in [0.2, 0.25) is 5.91 Å². The summed E-state index contributed by atoms with van der Waals surface area (Å²) >= 11 is 8.61. The number of halogens is 2. The summed E-state index contributed by atoms with van der Waals surface area (Å²) in [6.45, 7) is 1.31. The number of ether oxygens (including phenoxy) is 1. The number of nitrogens with zero attached hydrogens (tertiary/aromatic N) is 3. The van der Waals surface area contributed by atoms with E-state index in [4.69, 9.17) is 16.3 Å². The average molecular weight is 616 g/mol. The Hall–Kier alpha value is -3.18. The number of H-pyrrole nitrogens is 1. The van der Waals surface area contributed by atoms with Gasteiger partial charge in [-0.3, -0.25) is 9.59 Å². The second kappa shape index (κ2) is 10.8. The second-order valence-corrected chi connectivity index (χ2v) is 9.60. The molecule has 4 aromatic rings. The first-order valence-corrected chi connectivity index (χ1v) is 13.4. The van der Waals surface area contributed by atoms with Crippen LogP contribution in [-0.2, 0) is 4.79 Å². The molecule has 0 spiro atoms. The van der Waals surface area contributed by atoms with E-state index < -0.39 is 0 Å². The van der Waals surface area contributed by atoms with E-state index in [1.165, 1.54) is 6.33 Å². The van der Waals surface area contributed by atoms with E-state index in [1.807, 2.05) is 35.2 Å². The molecule has 1 fully saturated rings. The summed E-state index contributed by atoms with van der Waals surface area (Å²) in [4.78, 5) is 39.4. The molecule has 1 saturated heterocycles. The second-order valence-electron chi connectivity index (χ2n) is 8.43. The van der Waals surface area contributed by atoms with Crippen LogP contribution in [0.4, 0.5) is 5.82 Å². The third-order valence-electron chi connectivity index (χ3n) is 6.20. The molecule has 1 aliphatic heterocycles. The Balaban J connectivity index is 1.39. The van der Waals surface area contributed by atoms with Gasteiger partial charge < -0.3 is 19.9 Å². The van der Waals surface area contributed by atoms with Crippen molar-refractivity contribution in [2.24, 2.45) is 0 Å². The summed E-state index contributed by atoms with van der Waals surface area (Å²) in [5, 5.41) is 4.23. The van der Waals surface area contributed by atoms with Gasteiger partial charge in [-0.05, 0) is 37.1 Å². The van der Waals surface area contributed by atoms with Gasteiger partial charge in [0.1, 0.15) is 29.3 Å². The first kappa shape index (κ1) is 24.5. The molecule has 10 heteroatoms. The number of ketones is 1. The monoisotopic (exact) mass is 615 g/mol. The number of hydrogen-bond acceptors (Lipinski definition) is 6. The Morgan fingerprint density at radius 1 is 1.14 bits per heavy atom. The average Bonchev–Trinajstić information content (AvgIpc) is 3.55. The molecule has 1 amide bonds. The van der Waals surface area contributed by atoms with Crippen LogP contribution in [-0.4, -0.2) is 55.1 Å². The molecule has 0 aliphatic carbocycles. The van der Waals surface area contributed by atoms with Crippen molar-refractivity contribution in [3.05, 3.63) is 77.2 Å². The van der Waals surface area contributed by atoms with Crippen LogP contribution in [0.1, 0.15) is 28.8 Å². The van der Waals surface area contributed by atoms with Crippen molar-refractivity contribution in [2.45, 2.75) is 18.9 Å². The summed E-state index contributed by atoms with van der Waals surface area (Å²) < 4.78 is 6.28. The molecule has 36 heavy (non-hydrogen) atoms. The Morgan fingerprint density at radius 2 is 1.97 bits per heavy atom. The molecule has 2 N–H and O–H groups in total. The molecule has 184 valence electrons. The Morgan fingerprint density at radius 3 is 2.75 bits per heavy atom. The van der Waals surface area contributed by atoms with Gasteiger partial charge in [0, 0.05) is 37.0 Å². The Labute approximate surface area is 226 Å². The lowest BCUT2D eigenvalue weighted by Gasteiger charge is -2.24. The van der Waals surface area contributed by atoms with E-state index in [0.29, 0.717) is 50.4 Å². The van der Waals surface area contributed by atoms with E-state index in [2.05, 4.69) is 42.9 Å². The molecule has 2 aromatic heterocycles. The highest BCUT2D eigenvalue weighted by Crippen LogP contribution is 2.31. The lowest BCUT2D eigenvalue weighted by atomic mass is 10.0. The topological polar surface area (TPSA) is 100 Å². The molecular formula is C26H23ClIN5O3. The zero-order valence-corrected chi connectivity index (χ0v) is 22.1. The number of aromatic amines is 1. The van der Waals surface area contributed by atoms with Gasteiger partial charge in [-0.2, -0.15) is 0 Å². The number of likely N-dealkylation sites (tertiary alicyclic amines) is 1. The van der Waals surface area contributed by atoms with Crippen LogP contribution in [0.25, 0.3) is 11.0 Å². The van der Waals surface area contributed by atoms with Crippen molar-refractivity contribution in [1.29, 1.82) is 0 Å². The fourth-order valence-electron chi connectivity index (χ4n) is 4.46. The number of aromatic nitrogens is 3. The number of nitrogens with one attached hydrogen (secondary N) is 2. The lowest BCUT2D eigenvalue weighted by Crippen LogP contribution is -2.40. The van der Waals surface area contributed by atoms with Crippen LogP contribution in [0, 0.1) is 0 Å². The van der Waals surface area contributed by atoms with Crippen LogP contribution >= 0.6 is 34.2 Å². The minimum Gasteiger partial charge on any atom is -0.457 e. The molecule has 1 unspecified atom stereocenters. The highest BCUT2D eigenvalue weighted by Gasteiger charge is 2.28. The van der Waals surface area contributed by atoms with E-state index in [1.54, 1.807) is 24.4 Å². The summed E-state index contributed by atoms with van der Waals surface area (Å²) in [6, 6.07) is 14.4. The molecule has 1 atom stereocenters. The number of benzene rings is 2. The van der Waals surface area contributed by atoms with Crippen LogP contribution in [0.5, 0.6) is 11.5 Å². The molecule has 0 bridgehead atoms. The van der Waals surface area contributed by atoms with Gasteiger partial charge in [-0.1, -0.05) is 52.4 Å². The first-order valence-electron chi connectivity index (χ1n) is 11.5. The molecule has 8 nitrogen and oxygen atoms in total. The third kappa shape index (κ3) is 5.03. The summed E-state index contributed by atoms with van der Waals surface area (Å²) in [5.74, 6) is 1.64. The fourth-order valence-corrected chi connectivity index (χ4v) is 5.15. The number of amides is 1. The van der Waals surface area contributed by atoms with Crippen LogP contribution in [0.15, 0.2) is 61.1 Å². The van der Waals surface area contributed by atoms with Gasteiger partial charge in [0.25, 0.3) is 0 Å². The largest absolute Gasteiger partial charge is 0.457 e. The predicted octanol–water partition coefficient (Wildman–Crippen LogP) is 5.47. The van der Waals surface area contributed by atoms with Gasteiger partial charge in [0.05, 0.1) is 20.4 Å². The highest BCUT2D eigenvalue weighted by atomic mass is 127. The zero-order chi connectivity index (χ0) is 25.1. The molecule has 1 aliphatic rings. The van der Waals surface area contributed by atoms with E-state index in [-0.39, 0.29) is 22.8 Å². The van der Waals surface area contributed by atoms with Crippen molar-refractivity contribution < 1.29 is 14.3 Å². The molecular weight excluding hydrogens is 593 g/mol.